The van der Waals surface area contributed by atoms with Crippen LogP contribution in [-0.2, 0) is 10.0 Å². The summed E-state index contributed by atoms with van der Waals surface area (Å²) >= 11 is 0. The minimum atomic E-state index is -3.73. The number of hydrogen-bond donors (Lipinski definition) is 1. The number of ether oxygens (including phenoxy) is 2. The monoisotopic (exact) mass is 361 g/mol. The molecule has 1 saturated heterocycles. The van der Waals surface area contributed by atoms with Gasteiger partial charge in [0, 0.05) is 12.7 Å². The number of pyridine rings is 1. The molecule has 3 heterocycles. The second-order valence-corrected chi connectivity index (χ2v) is 7.71. The molecule has 25 heavy (non-hydrogen) atoms. The lowest BCUT2D eigenvalue weighted by molar-refractivity contribution is 0.171. The fraction of sp³-hybridized carbons (Fsp3) is 0.353. The maximum atomic E-state index is 11.4. The highest BCUT2D eigenvalue weighted by molar-refractivity contribution is 7.89. The number of sulfonamides is 1. The summed E-state index contributed by atoms with van der Waals surface area (Å²) in [5.74, 6) is 2.29. The van der Waals surface area contributed by atoms with E-state index in [9.17, 15) is 8.42 Å². The molecule has 132 valence electrons. The Labute approximate surface area is 146 Å². The zero-order chi connectivity index (χ0) is 17.4. The molecular weight excluding hydrogens is 342 g/mol. The van der Waals surface area contributed by atoms with Gasteiger partial charge in [0.1, 0.15) is 23.9 Å². The molecule has 2 aliphatic rings. The molecule has 1 aromatic heterocycles. The molecule has 2 aliphatic heterocycles. The average Bonchev–Trinajstić information content (AvgIpc) is 3.10. The number of benzene rings is 1. The summed E-state index contributed by atoms with van der Waals surface area (Å²) in [5.41, 5.74) is 1.14. The van der Waals surface area contributed by atoms with Crippen molar-refractivity contribution in [2.24, 2.45) is 5.14 Å². The van der Waals surface area contributed by atoms with Crippen molar-refractivity contribution < 1.29 is 17.9 Å². The van der Waals surface area contributed by atoms with Crippen molar-refractivity contribution in [2.75, 3.05) is 24.7 Å². The van der Waals surface area contributed by atoms with E-state index in [1.807, 2.05) is 12.1 Å². The predicted molar refractivity (Wildman–Crippen MR) is 92.4 cm³/mol. The molecule has 1 fully saturated rings. The van der Waals surface area contributed by atoms with Crippen LogP contribution in [0.5, 0.6) is 11.5 Å². The quantitative estimate of drug-likeness (QED) is 0.896. The van der Waals surface area contributed by atoms with Gasteiger partial charge in [0.05, 0.1) is 6.04 Å². The number of hydrogen-bond acceptors (Lipinski definition) is 6. The highest BCUT2D eigenvalue weighted by Crippen LogP contribution is 2.39. The fourth-order valence-corrected chi connectivity index (χ4v) is 3.82. The second-order valence-electron chi connectivity index (χ2n) is 6.15. The first-order chi connectivity index (χ1) is 12.0. The maximum absolute atomic E-state index is 11.4. The molecular formula is C17H19N3O4S. The van der Waals surface area contributed by atoms with Gasteiger partial charge >= 0.3 is 0 Å². The lowest BCUT2D eigenvalue weighted by Gasteiger charge is -2.27. The van der Waals surface area contributed by atoms with Gasteiger partial charge in [0.15, 0.2) is 11.5 Å². The predicted octanol–water partition coefficient (Wildman–Crippen LogP) is 1.84. The second kappa shape index (κ2) is 6.20. The molecule has 0 amide bonds. The van der Waals surface area contributed by atoms with Gasteiger partial charge in [0.25, 0.3) is 0 Å². The van der Waals surface area contributed by atoms with Gasteiger partial charge in [-0.1, -0.05) is 6.07 Å². The summed E-state index contributed by atoms with van der Waals surface area (Å²) in [6.07, 6.45) is 3.35. The summed E-state index contributed by atoms with van der Waals surface area (Å²) < 4.78 is 34.0. The maximum Gasteiger partial charge on any atom is 0.239 e. The first kappa shape index (κ1) is 16.2. The standard InChI is InChI=1S/C17H19N3O4S/c18-25(21,22)13-4-6-17(19-11-13)20-7-1-2-14(20)12-3-5-15-16(10-12)24-9-8-23-15/h3-6,10-11,14H,1-2,7-9H2,(H2,18,21,22)/t14-/m0/s1. The Hall–Kier alpha value is -2.32. The number of aromatic nitrogens is 1. The van der Waals surface area contributed by atoms with E-state index in [0.29, 0.717) is 13.2 Å². The number of anilines is 1. The van der Waals surface area contributed by atoms with E-state index >= 15 is 0 Å². The summed E-state index contributed by atoms with van der Waals surface area (Å²) in [6, 6.07) is 9.39. The van der Waals surface area contributed by atoms with Crippen LogP contribution in [0.1, 0.15) is 24.4 Å². The van der Waals surface area contributed by atoms with E-state index in [4.69, 9.17) is 14.6 Å². The van der Waals surface area contributed by atoms with Crippen LogP contribution < -0.4 is 19.5 Å². The van der Waals surface area contributed by atoms with E-state index in [0.717, 1.165) is 42.3 Å². The lowest BCUT2D eigenvalue weighted by atomic mass is 10.0. The van der Waals surface area contributed by atoms with Crippen LogP contribution in [0, 0.1) is 0 Å². The highest BCUT2D eigenvalue weighted by atomic mass is 32.2. The molecule has 0 bridgehead atoms. The lowest BCUT2D eigenvalue weighted by Crippen LogP contribution is -2.24. The van der Waals surface area contributed by atoms with Crippen molar-refractivity contribution >= 4 is 15.8 Å². The summed E-state index contributed by atoms with van der Waals surface area (Å²) in [4.78, 5) is 6.50. The van der Waals surface area contributed by atoms with Gasteiger partial charge in [-0.15, -0.1) is 0 Å². The summed E-state index contributed by atoms with van der Waals surface area (Å²) in [5, 5.41) is 5.14. The van der Waals surface area contributed by atoms with Crippen molar-refractivity contribution in [3.63, 3.8) is 0 Å². The Bertz CT molecular complexity index is 883. The number of nitrogens with zero attached hydrogens (tertiary/aromatic N) is 2. The van der Waals surface area contributed by atoms with E-state index in [1.165, 1.54) is 12.3 Å². The molecule has 0 saturated carbocycles. The van der Waals surface area contributed by atoms with Crippen LogP contribution in [0.25, 0.3) is 0 Å². The largest absolute Gasteiger partial charge is 0.486 e. The molecule has 1 atom stereocenters. The first-order valence-corrected chi connectivity index (χ1v) is 9.72. The molecule has 0 unspecified atom stereocenters. The number of rotatable bonds is 3. The number of primary sulfonamides is 1. The first-order valence-electron chi connectivity index (χ1n) is 8.17. The van der Waals surface area contributed by atoms with Gasteiger partial charge in [-0.3, -0.25) is 0 Å². The highest BCUT2D eigenvalue weighted by Gasteiger charge is 2.28. The normalized spacial score (nSPS) is 19.9. The Morgan fingerprint density at radius 1 is 1.12 bits per heavy atom. The van der Waals surface area contributed by atoms with Gasteiger partial charge in [-0.25, -0.2) is 18.5 Å². The van der Waals surface area contributed by atoms with Gasteiger partial charge in [-0.05, 0) is 42.7 Å². The average molecular weight is 361 g/mol. The smallest absolute Gasteiger partial charge is 0.239 e. The van der Waals surface area contributed by atoms with Crippen LogP contribution in [0.4, 0.5) is 5.82 Å². The van der Waals surface area contributed by atoms with Crippen molar-refractivity contribution in [3.05, 3.63) is 42.1 Å². The van der Waals surface area contributed by atoms with Gasteiger partial charge in [-0.2, -0.15) is 0 Å². The third-order valence-corrected chi connectivity index (χ3v) is 5.45. The van der Waals surface area contributed by atoms with E-state index in [1.54, 1.807) is 6.07 Å². The minimum Gasteiger partial charge on any atom is -0.486 e. The Balaban J connectivity index is 1.62. The van der Waals surface area contributed by atoms with E-state index in [2.05, 4.69) is 16.0 Å². The van der Waals surface area contributed by atoms with Crippen LogP contribution in [-0.4, -0.2) is 33.2 Å². The van der Waals surface area contributed by atoms with Gasteiger partial charge in [0.2, 0.25) is 10.0 Å². The molecule has 2 N–H and O–H groups in total. The summed E-state index contributed by atoms with van der Waals surface area (Å²) in [6.45, 7) is 1.99. The SMILES string of the molecule is NS(=O)(=O)c1ccc(N2CCC[C@H]2c2ccc3c(c2)OCCO3)nc1. The summed E-state index contributed by atoms with van der Waals surface area (Å²) in [7, 11) is -3.73. The minimum absolute atomic E-state index is 0.0197. The Kier molecular flexibility index (Phi) is 4.01. The molecule has 7 nitrogen and oxygen atoms in total. The zero-order valence-corrected chi connectivity index (χ0v) is 14.4. The topological polar surface area (TPSA) is 94.8 Å². The Morgan fingerprint density at radius 3 is 2.64 bits per heavy atom. The molecule has 8 heteroatoms. The third-order valence-electron chi connectivity index (χ3n) is 4.55. The van der Waals surface area contributed by atoms with Crippen molar-refractivity contribution in [2.45, 2.75) is 23.8 Å². The van der Waals surface area contributed by atoms with Crippen LogP contribution in [0.15, 0.2) is 41.4 Å². The van der Waals surface area contributed by atoms with Crippen LogP contribution >= 0.6 is 0 Å². The van der Waals surface area contributed by atoms with Crippen molar-refractivity contribution in [1.29, 1.82) is 0 Å². The number of nitrogens with two attached hydrogens (primary N) is 1. The molecule has 0 radical (unpaired) electrons. The van der Waals surface area contributed by atoms with Crippen molar-refractivity contribution in [1.82, 2.24) is 4.98 Å². The van der Waals surface area contributed by atoms with Crippen LogP contribution in [0.3, 0.4) is 0 Å². The van der Waals surface area contributed by atoms with E-state index in [-0.39, 0.29) is 10.9 Å². The van der Waals surface area contributed by atoms with Gasteiger partial charge < -0.3 is 14.4 Å². The van der Waals surface area contributed by atoms with E-state index < -0.39 is 10.0 Å². The zero-order valence-electron chi connectivity index (χ0n) is 13.6. The van der Waals surface area contributed by atoms with Crippen LogP contribution in [0.2, 0.25) is 0 Å². The molecule has 2 aromatic rings. The van der Waals surface area contributed by atoms with Crippen molar-refractivity contribution in [3.8, 4) is 11.5 Å². The molecule has 1 aromatic carbocycles. The third kappa shape index (κ3) is 3.14. The number of fused-ring (bicyclic) bond motifs is 1. The molecule has 0 spiro atoms. The molecule has 0 aliphatic carbocycles. The molecule has 4 rings (SSSR count). The Morgan fingerprint density at radius 2 is 1.92 bits per heavy atom. The fourth-order valence-electron chi connectivity index (χ4n) is 3.37.